The highest BCUT2D eigenvalue weighted by Crippen LogP contribution is 2.14. The van der Waals surface area contributed by atoms with Gasteiger partial charge in [0, 0.05) is 19.4 Å². The number of carboxylic acids is 1. The summed E-state index contributed by atoms with van der Waals surface area (Å²) in [5.41, 5.74) is 11.3. The van der Waals surface area contributed by atoms with E-state index in [2.05, 4.69) is 4.99 Å². The van der Waals surface area contributed by atoms with Crippen LogP contribution in [0.4, 0.5) is 0 Å². The molecule has 0 aliphatic heterocycles. The minimum absolute atomic E-state index is 0.0798. The van der Waals surface area contributed by atoms with Crippen molar-refractivity contribution in [2.75, 3.05) is 6.54 Å². The zero-order chi connectivity index (χ0) is 17.1. The number of carboxylic acid groups (broad SMARTS) is 1. The smallest absolute Gasteiger partial charge is 0.311 e. The molecular formula is C16H23N3O4. The van der Waals surface area contributed by atoms with Gasteiger partial charge in [0.25, 0.3) is 0 Å². The van der Waals surface area contributed by atoms with Crippen LogP contribution in [0.25, 0.3) is 0 Å². The molecule has 7 heteroatoms. The normalized spacial score (nSPS) is 10.1. The van der Waals surface area contributed by atoms with Crippen molar-refractivity contribution in [1.82, 2.24) is 0 Å². The molecule has 0 saturated heterocycles. The van der Waals surface area contributed by atoms with Gasteiger partial charge in [0.15, 0.2) is 5.96 Å². The molecule has 7 nitrogen and oxygen atoms in total. The van der Waals surface area contributed by atoms with Crippen LogP contribution in [0.3, 0.4) is 0 Å². The molecule has 0 aliphatic rings. The fraction of sp³-hybridized carbons (Fsp3) is 0.438. The van der Waals surface area contributed by atoms with Crippen LogP contribution in [-0.2, 0) is 16.0 Å². The quantitative estimate of drug-likeness (QED) is 0.197. The lowest BCUT2D eigenvalue weighted by Gasteiger charge is -2.05. The zero-order valence-corrected chi connectivity index (χ0v) is 13.0. The summed E-state index contributed by atoms with van der Waals surface area (Å²) >= 11 is 0. The zero-order valence-electron chi connectivity index (χ0n) is 13.0. The van der Waals surface area contributed by atoms with E-state index in [0.29, 0.717) is 25.1 Å². The molecule has 0 unspecified atom stereocenters. The van der Waals surface area contributed by atoms with Crippen LogP contribution < -0.4 is 16.2 Å². The van der Waals surface area contributed by atoms with Gasteiger partial charge in [0.2, 0.25) is 0 Å². The van der Waals surface area contributed by atoms with E-state index in [1.54, 1.807) is 24.3 Å². The highest BCUT2D eigenvalue weighted by Gasteiger charge is 2.05. The van der Waals surface area contributed by atoms with Crippen molar-refractivity contribution in [2.45, 2.75) is 38.5 Å². The number of aliphatic carboxylic acids is 1. The molecule has 0 spiro atoms. The highest BCUT2D eigenvalue weighted by molar-refractivity contribution is 5.75. The molecule has 0 heterocycles. The van der Waals surface area contributed by atoms with Gasteiger partial charge in [0.05, 0.1) is 0 Å². The Bertz CT molecular complexity index is 537. The van der Waals surface area contributed by atoms with Crippen LogP contribution in [0, 0.1) is 0 Å². The van der Waals surface area contributed by atoms with Crippen LogP contribution in [-0.4, -0.2) is 29.5 Å². The first kappa shape index (κ1) is 18.5. The molecule has 0 fully saturated rings. The third kappa shape index (κ3) is 9.13. The van der Waals surface area contributed by atoms with Gasteiger partial charge < -0.3 is 21.3 Å². The Morgan fingerprint density at radius 1 is 1.04 bits per heavy atom. The first-order valence-electron chi connectivity index (χ1n) is 7.54. The number of aryl methyl sites for hydroxylation is 1. The van der Waals surface area contributed by atoms with E-state index in [9.17, 15) is 9.59 Å². The van der Waals surface area contributed by atoms with Crippen LogP contribution in [0.2, 0.25) is 0 Å². The Hall–Kier alpha value is -2.57. The molecule has 0 saturated carbocycles. The van der Waals surface area contributed by atoms with Crippen molar-refractivity contribution in [1.29, 1.82) is 0 Å². The van der Waals surface area contributed by atoms with Crippen LogP contribution in [0.1, 0.15) is 37.7 Å². The van der Waals surface area contributed by atoms with E-state index < -0.39 is 5.97 Å². The predicted molar refractivity (Wildman–Crippen MR) is 87.2 cm³/mol. The van der Waals surface area contributed by atoms with Crippen LogP contribution in [0.15, 0.2) is 29.3 Å². The van der Waals surface area contributed by atoms with E-state index in [1.165, 1.54) is 0 Å². The Balaban J connectivity index is 2.23. The Morgan fingerprint density at radius 3 is 2.35 bits per heavy atom. The predicted octanol–water partition coefficient (Wildman–Crippen LogP) is 1.44. The van der Waals surface area contributed by atoms with Crippen molar-refractivity contribution < 1.29 is 19.4 Å². The van der Waals surface area contributed by atoms with Crippen LogP contribution >= 0.6 is 0 Å². The Labute approximate surface area is 135 Å². The van der Waals surface area contributed by atoms with E-state index >= 15 is 0 Å². The minimum atomic E-state index is -0.833. The topological polar surface area (TPSA) is 128 Å². The summed E-state index contributed by atoms with van der Waals surface area (Å²) in [5, 5.41) is 8.62. The second-order valence-corrected chi connectivity index (χ2v) is 5.13. The minimum Gasteiger partial charge on any atom is -0.481 e. The summed E-state index contributed by atoms with van der Waals surface area (Å²) in [6, 6.07) is 6.88. The lowest BCUT2D eigenvalue weighted by atomic mass is 10.1. The fourth-order valence-corrected chi connectivity index (χ4v) is 1.92. The van der Waals surface area contributed by atoms with Gasteiger partial charge in [-0.05, 0) is 37.0 Å². The number of ether oxygens (including phenoxy) is 1. The molecule has 0 bridgehead atoms. The maximum absolute atomic E-state index is 11.7. The molecule has 1 aromatic rings. The standard InChI is InChI=1S/C16H23N3O4/c17-16(18)19-11-3-1-2-4-15(22)23-13-8-5-12(6-9-13)7-10-14(20)21/h5-6,8-9H,1-4,7,10-11H2,(H,20,21)(H4,17,18,19). The number of carbonyl (C=O) groups is 2. The van der Waals surface area contributed by atoms with Crippen molar-refractivity contribution >= 4 is 17.9 Å². The number of esters is 1. The van der Waals surface area contributed by atoms with E-state index in [4.69, 9.17) is 21.3 Å². The van der Waals surface area contributed by atoms with Gasteiger partial charge >= 0.3 is 11.9 Å². The summed E-state index contributed by atoms with van der Waals surface area (Å²) in [6.45, 7) is 0.565. The van der Waals surface area contributed by atoms with Gasteiger partial charge in [-0.3, -0.25) is 14.6 Å². The third-order valence-electron chi connectivity index (χ3n) is 3.12. The highest BCUT2D eigenvalue weighted by atomic mass is 16.5. The van der Waals surface area contributed by atoms with E-state index in [1.807, 2.05) is 0 Å². The number of hydrogen-bond acceptors (Lipinski definition) is 4. The number of nitrogens with zero attached hydrogens (tertiary/aromatic N) is 1. The summed E-state index contributed by atoms with van der Waals surface area (Å²) in [4.78, 5) is 26.0. The van der Waals surface area contributed by atoms with E-state index in [-0.39, 0.29) is 18.3 Å². The maximum Gasteiger partial charge on any atom is 0.311 e. The van der Waals surface area contributed by atoms with Gasteiger partial charge in [0.1, 0.15) is 5.75 Å². The molecule has 0 aliphatic carbocycles. The lowest BCUT2D eigenvalue weighted by molar-refractivity contribution is -0.137. The number of unbranched alkanes of at least 4 members (excludes halogenated alkanes) is 2. The van der Waals surface area contributed by atoms with Gasteiger partial charge in [-0.25, -0.2) is 0 Å². The van der Waals surface area contributed by atoms with Crippen molar-refractivity contribution in [2.24, 2.45) is 16.5 Å². The van der Waals surface area contributed by atoms with Gasteiger partial charge in [-0.1, -0.05) is 18.6 Å². The van der Waals surface area contributed by atoms with Crippen molar-refractivity contribution in [3.8, 4) is 5.75 Å². The average molecular weight is 321 g/mol. The first-order valence-corrected chi connectivity index (χ1v) is 7.54. The molecule has 0 amide bonds. The second kappa shape index (κ2) is 10.2. The maximum atomic E-state index is 11.7. The summed E-state index contributed by atoms with van der Waals surface area (Å²) in [5.74, 6) is -0.573. The number of hydrogen-bond donors (Lipinski definition) is 3. The molecule has 1 rings (SSSR count). The SMILES string of the molecule is NC(N)=NCCCCCC(=O)Oc1ccc(CCC(=O)O)cc1. The molecule has 0 radical (unpaired) electrons. The molecular weight excluding hydrogens is 298 g/mol. The number of carbonyl (C=O) groups excluding carboxylic acids is 1. The summed E-state index contributed by atoms with van der Waals surface area (Å²) in [7, 11) is 0. The van der Waals surface area contributed by atoms with E-state index in [0.717, 1.165) is 24.8 Å². The molecule has 126 valence electrons. The Morgan fingerprint density at radius 2 is 1.74 bits per heavy atom. The third-order valence-corrected chi connectivity index (χ3v) is 3.12. The average Bonchev–Trinajstić information content (AvgIpc) is 2.49. The molecule has 0 aromatic heterocycles. The molecule has 5 N–H and O–H groups in total. The number of aliphatic imine (C=N–C) groups is 1. The van der Waals surface area contributed by atoms with Crippen molar-refractivity contribution in [3.05, 3.63) is 29.8 Å². The molecule has 1 aromatic carbocycles. The number of rotatable bonds is 10. The largest absolute Gasteiger partial charge is 0.481 e. The second-order valence-electron chi connectivity index (χ2n) is 5.13. The monoisotopic (exact) mass is 321 g/mol. The van der Waals surface area contributed by atoms with Crippen molar-refractivity contribution in [3.63, 3.8) is 0 Å². The first-order chi connectivity index (χ1) is 11.0. The molecule has 0 atom stereocenters. The molecule has 23 heavy (non-hydrogen) atoms. The number of nitrogens with two attached hydrogens (primary N) is 2. The van der Waals surface area contributed by atoms with Gasteiger partial charge in [-0.2, -0.15) is 0 Å². The lowest BCUT2D eigenvalue weighted by Crippen LogP contribution is -2.22. The van der Waals surface area contributed by atoms with Crippen LogP contribution in [0.5, 0.6) is 5.75 Å². The Kier molecular flexibility index (Phi) is 8.20. The fourth-order valence-electron chi connectivity index (χ4n) is 1.92. The van der Waals surface area contributed by atoms with Gasteiger partial charge in [-0.15, -0.1) is 0 Å². The number of benzene rings is 1. The number of guanidine groups is 1. The summed E-state index contributed by atoms with van der Waals surface area (Å²) in [6.07, 6.45) is 3.26. The summed E-state index contributed by atoms with van der Waals surface area (Å²) < 4.78 is 5.22.